The summed E-state index contributed by atoms with van der Waals surface area (Å²) in [6.45, 7) is 8.46. The lowest BCUT2D eigenvalue weighted by atomic mass is 10.2. The zero-order valence-corrected chi connectivity index (χ0v) is 11.1. The molecule has 0 aliphatic carbocycles. The summed E-state index contributed by atoms with van der Waals surface area (Å²) in [5.74, 6) is 0. The molecule has 2 aromatic rings. The second-order valence-corrected chi connectivity index (χ2v) is 4.45. The van der Waals surface area contributed by atoms with Crippen molar-refractivity contribution in [1.29, 1.82) is 5.41 Å². The molecule has 0 fully saturated rings. The van der Waals surface area contributed by atoms with Crippen molar-refractivity contribution in [2.24, 2.45) is 0 Å². The Morgan fingerprint density at radius 2 is 2.21 bits per heavy atom. The summed E-state index contributed by atoms with van der Waals surface area (Å²) in [6.07, 6.45) is 9.13. The molecule has 2 heterocycles. The lowest BCUT2D eigenvalue weighted by Gasteiger charge is -2.06. The first-order valence-electron chi connectivity index (χ1n) is 6.01. The Morgan fingerprint density at radius 1 is 1.42 bits per heavy atom. The fourth-order valence-electron chi connectivity index (χ4n) is 1.70. The Bertz CT molecular complexity index is 715. The van der Waals surface area contributed by atoms with Crippen LogP contribution >= 0.6 is 0 Å². The van der Waals surface area contributed by atoms with E-state index in [9.17, 15) is 0 Å². The monoisotopic (exact) mass is 255 g/mol. The molecular weight excluding hydrogens is 238 g/mol. The van der Waals surface area contributed by atoms with E-state index in [4.69, 9.17) is 5.41 Å². The maximum Gasteiger partial charge on any atom is 0.173 e. The van der Waals surface area contributed by atoms with Gasteiger partial charge < -0.3 is 9.55 Å². The summed E-state index contributed by atoms with van der Waals surface area (Å²) in [5.41, 5.74) is 3.92. The maximum atomic E-state index is 7.69. The fraction of sp³-hybridized carbons (Fsp3) is 0.214. The van der Waals surface area contributed by atoms with Crippen LogP contribution < -0.4 is 5.49 Å². The number of imidazole rings is 1. The maximum absolute atomic E-state index is 7.69. The molecule has 0 radical (unpaired) electrons. The van der Waals surface area contributed by atoms with E-state index in [1.807, 2.05) is 30.6 Å². The van der Waals surface area contributed by atoms with Crippen molar-refractivity contribution in [2.75, 3.05) is 0 Å². The highest BCUT2D eigenvalue weighted by Crippen LogP contribution is 2.07. The molecule has 0 saturated heterocycles. The van der Waals surface area contributed by atoms with Gasteiger partial charge in [0.15, 0.2) is 11.1 Å². The molecule has 0 atom stereocenters. The molecular formula is C14H17N5. The number of aromatic amines is 1. The number of nitrogens with zero attached hydrogens (tertiary/aromatic N) is 3. The minimum absolute atomic E-state index is 0.216. The molecule has 0 bridgehead atoms. The van der Waals surface area contributed by atoms with Gasteiger partial charge in [-0.1, -0.05) is 36.0 Å². The normalized spacial score (nSPS) is 12.9. The van der Waals surface area contributed by atoms with Crippen LogP contribution in [0.1, 0.15) is 13.8 Å². The standard InChI is InChI=1S/C14H17N5/c1-4-10(2)5-6-11(3)7-19-9-18-13(15)12-14(19)17-8-16-12/h4-6,8-9,15H,1,7H2,2-3H3,(H,16,17)/b10-5-,11-6+,15-13?. The van der Waals surface area contributed by atoms with E-state index in [1.165, 1.54) is 5.57 Å². The summed E-state index contributed by atoms with van der Waals surface area (Å²) in [7, 11) is 0. The van der Waals surface area contributed by atoms with Gasteiger partial charge in [0.25, 0.3) is 0 Å². The van der Waals surface area contributed by atoms with Gasteiger partial charge in [-0.15, -0.1) is 0 Å². The third-order valence-corrected chi connectivity index (χ3v) is 2.83. The molecule has 98 valence electrons. The third kappa shape index (κ3) is 2.88. The van der Waals surface area contributed by atoms with Crippen LogP contribution in [0, 0.1) is 5.41 Å². The first-order chi connectivity index (χ1) is 9.11. The van der Waals surface area contributed by atoms with Crippen molar-refractivity contribution in [2.45, 2.75) is 20.4 Å². The Morgan fingerprint density at radius 3 is 2.95 bits per heavy atom. The van der Waals surface area contributed by atoms with Crippen molar-refractivity contribution in [3.8, 4) is 0 Å². The van der Waals surface area contributed by atoms with Gasteiger partial charge in [-0.05, 0) is 13.8 Å². The molecule has 2 aromatic heterocycles. The van der Waals surface area contributed by atoms with Crippen molar-refractivity contribution < 1.29 is 0 Å². The molecule has 0 aliphatic rings. The van der Waals surface area contributed by atoms with Gasteiger partial charge >= 0.3 is 0 Å². The molecule has 19 heavy (non-hydrogen) atoms. The van der Waals surface area contributed by atoms with Crippen LogP contribution in [0.3, 0.4) is 0 Å². The van der Waals surface area contributed by atoms with Gasteiger partial charge in [0.1, 0.15) is 5.52 Å². The van der Waals surface area contributed by atoms with Gasteiger partial charge in [-0.2, -0.15) is 0 Å². The quantitative estimate of drug-likeness (QED) is 0.823. The number of H-pyrrole nitrogens is 1. The lowest BCUT2D eigenvalue weighted by Crippen LogP contribution is -2.13. The third-order valence-electron chi connectivity index (χ3n) is 2.83. The highest BCUT2D eigenvalue weighted by Gasteiger charge is 2.04. The molecule has 0 unspecified atom stereocenters. The number of fused-ring (bicyclic) bond motifs is 1. The number of aromatic nitrogens is 4. The average molecular weight is 255 g/mol. The van der Waals surface area contributed by atoms with E-state index < -0.39 is 0 Å². The average Bonchev–Trinajstić information content (AvgIpc) is 2.89. The van der Waals surface area contributed by atoms with E-state index >= 15 is 0 Å². The molecule has 0 amide bonds. The fourth-order valence-corrected chi connectivity index (χ4v) is 1.70. The van der Waals surface area contributed by atoms with Crippen LogP contribution in [-0.4, -0.2) is 19.5 Å². The molecule has 0 spiro atoms. The summed E-state index contributed by atoms with van der Waals surface area (Å²) in [4.78, 5) is 11.2. The highest BCUT2D eigenvalue weighted by molar-refractivity contribution is 5.68. The minimum atomic E-state index is 0.216. The Balaban J connectivity index is 2.32. The number of hydrogen-bond acceptors (Lipinski definition) is 3. The second-order valence-electron chi connectivity index (χ2n) is 4.45. The van der Waals surface area contributed by atoms with Crippen molar-refractivity contribution >= 4 is 11.2 Å². The molecule has 0 aromatic carbocycles. The van der Waals surface area contributed by atoms with Crippen LogP contribution in [0.15, 0.2) is 48.6 Å². The molecule has 0 aliphatic heterocycles. The van der Waals surface area contributed by atoms with Gasteiger partial charge in [-0.25, -0.2) is 9.97 Å². The van der Waals surface area contributed by atoms with Crippen LogP contribution in [-0.2, 0) is 6.54 Å². The predicted molar refractivity (Wildman–Crippen MR) is 75.4 cm³/mol. The van der Waals surface area contributed by atoms with Crippen molar-refractivity contribution in [3.05, 3.63) is 54.1 Å². The molecule has 2 rings (SSSR count). The molecule has 0 saturated carbocycles. The second kappa shape index (κ2) is 5.48. The summed E-state index contributed by atoms with van der Waals surface area (Å²) >= 11 is 0. The van der Waals surface area contributed by atoms with Crippen LogP contribution in [0.5, 0.6) is 0 Å². The summed E-state index contributed by atoms with van der Waals surface area (Å²) in [5, 5.41) is 7.69. The Kier molecular flexibility index (Phi) is 3.75. The zero-order valence-electron chi connectivity index (χ0n) is 11.1. The smallest absolute Gasteiger partial charge is 0.173 e. The van der Waals surface area contributed by atoms with E-state index in [0.717, 1.165) is 11.2 Å². The Labute approximate surface area is 111 Å². The van der Waals surface area contributed by atoms with E-state index in [2.05, 4.69) is 27.6 Å². The summed E-state index contributed by atoms with van der Waals surface area (Å²) < 4.78 is 1.92. The van der Waals surface area contributed by atoms with Crippen molar-refractivity contribution in [3.63, 3.8) is 0 Å². The molecule has 2 N–H and O–H groups in total. The van der Waals surface area contributed by atoms with Crippen LogP contribution in [0.25, 0.3) is 11.2 Å². The number of allylic oxidation sites excluding steroid dienone is 5. The number of hydrogen-bond donors (Lipinski definition) is 2. The largest absolute Gasteiger partial charge is 0.340 e. The van der Waals surface area contributed by atoms with Crippen LogP contribution in [0.4, 0.5) is 0 Å². The van der Waals surface area contributed by atoms with E-state index in [-0.39, 0.29) is 5.49 Å². The lowest BCUT2D eigenvalue weighted by molar-refractivity contribution is 0.771. The van der Waals surface area contributed by atoms with Gasteiger partial charge in [0.05, 0.1) is 12.7 Å². The van der Waals surface area contributed by atoms with Gasteiger partial charge in [-0.3, -0.25) is 5.41 Å². The number of rotatable bonds is 4. The van der Waals surface area contributed by atoms with Crippen molar-refractivity contribution in [1.82, 2.24) is 19.5 Å². The van der Waals surface area contributed by atoms with E-state index in [0.29, 0.717) is 12.1 Å². The highest BCUT2D eigenvalue weighted by atomic mass is 15.1. The molecule has 5 heteroatoms. The first-order valence-corrected chi connectivity index (χ1v) is 6.01. The first kappa shape index (κ1) is 13.0. The zero-order chi connectivity index (χ0) is 13.8. The predicted octanol–water partition coefficient (Wildman–Crippen LogP) is 2.32. The number of nitrogens with one attached hydrogen (secondary N) is 2. The van der Waals surface area contributed by atoms with Gasteiger partial charge in [0.2, 0.25) is 0 Å². The van der Waals surface area contributed by atoms with Crippen LogP contribution in [0.2, 0.25) is 0 Å². The van der Waals surface area contributed by atoms with E-state index in [1.54, 1.807) is 12.7 Å². The minimum Gasteiger partial charge on any atom is -0.340 e. The van der Waals surface area contributed by atoms with Gasteiger partial charge in [0, 0.05) is 6.54 Å². The SMILES string of the molecule is C=C/C(C)=C\C=C(/C)Cn1cnc(=N)c2[nH]cnc21. The molecule has 5 nitrogen and oxygen atoms in total. The topological polar surface area (TPSA) is 70.3 Å². The Hall–Kier alpha value is -2.43. The summed E-state index contributed by atoms with van der Waals surface area (Å²) in [6, 6.07) is 0.